The second-order valence-electron chi connectivity index (χ2n) is 6.62. The Bertz CT molecular complexity index is 1220. The minimum atomic E-state index is -6.12. The maximum atomic E-state index is 12.8. The molecule has 0 saturated carbocycles. The Kier molecular flexibility index (Phi) is 7.32. The molecule has 0 radical (unpaired) electrons. The van der Waals surface area contributed by atoms with E-state index < -0.39 is 63.1 Å². The van der Waals surface area contributed by atoms with E-state index >= 15 is 0 Å². The van der Waals surface area contributed by atoms with Gasteiger partial charge in [0.2, 0.25) is 0 Å². The van der Waals surface area contributed by atoms with Gasteiger partial charge in [0.15, 0.2) is 0 Å². The van der Waals surface area contributed by atoms with Crippen molar-refractivity contribution in [3.05, 3.63) is 59.7 Å². The minimum absolute atomic E-state index is 0.0221. The Morgan fingerprint density at radius 1 is 0.629 bits per heavy atom. The molecule has 0 aliphatic heterocycles. The molecular weight excluding hydrogens is 534 g/mol. The molecule has 18 heteroatoms. The Balaban J connectivity index is 2.31. The summed E-state index contributed by atoms with van der Waals surface area (Å²) in [7, 11) is -12.2. The quantitative estimate of drug-likeness (QED) is 0.528. The largest absolute Gasteiger partial charge is 0.517 e. The number of nitrogens with zero attached hydrogens (tertiary/aromatic N) is 2. The molecule has 2 rings (SSSR count). The van der Waals surface area contributed by atoms with Gasteiger partial charge in [-0.05, 0) is 41.8 Å². The highest BCUT2D eigenvalue weighted by Crippen LogP contribution is 2.32. The van der Waals surface area contributed by atoms with E-state index in [1.807, 2.05) is 0 Å². The van der Waals surface area contributed by atoms with Crippen molar-refractivity contribution in [3.63, 3.8) is 0 Å². The number of anilines is 2. The molecule has 0 heterocycles. The Labute approximate surface area is 193 Å². The van der Waals surface area contributed by atoms with Crippen LogP contribution in [0, 0.1) is 0 Å². The minimum Gasteiger partial charge on any atom is -0.350 e. The molecule has 0 spiro atoms. The van der Waals surface area contributed by atoms with Gasteiger partial charge in [-0.2, -0.15) is 51.8 Å². The number of halogens is 6. The zero-order valence-electron chi connectivity index (χ0n) is 16.9. The molecule has 0 fully saturated rings. The number of urea groups is 2. The number of primary amides is 2. The summed E-state index contributed by atoms with van der Waals surface area (Å²) in [6.07, 6.45) is -0.0221. The summed E-state index contributed by atoms with van der Waals surface area (Å²) in [5, 5.41) is 0. The van der Waals surface area contributed by atoms with Gasteiger partial charge in [-0.3, -0.25) is 0 Å². The highest BCUT2D eigenvalue weighted by Gasteiger charge is 2.53. The van der Waals surface area contributed by atoms with Gasteiger partial charge in [0, 0.05) is 0 Å². The fourth-order valence-electron chi connectivity index (χ4n) is 2.71. The lowest BCUT2D eigenvalue weighted by Gasteiger charge is -2.22. The van der Waals surface area contributed by atoms with Crippen LogP contribution in [0.4, 0.5) is 47.3 Å². The zero-order valence-corrected chi connectivity index (χ0v) is 18.5. The maximum Gasteiger partial charge on any atom is 0.517 e. The number of benzene rings is 2. The molecule has 0 aromatic heterocycles. The van der Waals surface area contributed by atoms with Gasteiger partial charge in [-0.15, -0.1) is 0 Å². The van der Waals surface area contributed by atoms with Gasteiger partial charge in [-0.25, -0.2) is 9.59 Å². The summed E-state index contributed by atoms with van der Waals surface area (Å²) < 4.78 is 122. The van der Waals surface area contributed by atoms with Crippen molar-refractivity contribution in [3.8, 4) is 0 Å². The second-order valence-corrected chi connectivity index (χ2v) is 10.2. The average molecular weight is 548 g/mol. The topological polar surface area (TPSA) is 161 Å². The summed E-state index contributed by atoms with van der Waals surface area (Å²) in [6.45, 7) is 0. The Morgan fingerprint density at radius 2 is 0.886 bits per heavy atom. The highest BCUT2D eigenvalue weighted by atomic mass is 32.2. The van der Waals surface area contributed by atoms with Crippen LogP contribution < -0.4 is 20.1 Å². The number of hydrogen-bond donors (Lipinski definition) is 2. The van der Waals surface area contributed by atoms with Gasteiger partial charge >= 0.3 is 43.1 Å². The number of rotatable bonds is 6. The van der Waals surface area contributed by atoms with Crippen LogP contribution in [0.3, 0.4) is 0 Å². The van der Waals surface area contributed by atoms with E-state index in [1.54, 1.807) is 0 Å². The van der Waals surface area contributed by atoms with Gasteiger partial charge in [0.25, 0.3) is 0 Å². The first-order valence-corrected chi connectivity index (χ1v) is 11.7. The molecule has 2 aromatic carbocycles. The molecule has 0 unspecified atom stereocenters. The standard InChI is InChI=1S/C17H14F6N4O6S2/c18-16(19,20)34(30,31)26(14(24)28)12-5-1-10(2-6-12)9-11-3-7-13(8-4-11)27(15(25)29)35(32,33)17(21,22)23/h1-8H,9H2,(H2,24,28)(H2,25,29). The van der Waals surface area contributed by atoms with Crippen LogP contribution in [-0.4, -0.2) is 39.9 Å². The third-order valence-corrected chi connectivity index (χ3v) is 7.13. The lowest BCUT2D eigenvalue weighted by atomic mass is 10.0. The number of amides is 4. The smallest absolute Gasteiger partial charge is 0.350 e. The predicted molar refractivity (Wildman–Crippen MR) is 110 cm³/mol. The van der Waals surface area contributed by atoms with E-state index in [0.717, 1.165) is 48.5 Å². The van der Waals surface area contributed by atoms with Crippen LogP contribution in [-0.2, 0) is 26.5 Å². The molecule has 0 atom stereocenters. The van der Waals surface area contributed by atoms with Crippen LogP contribution in [0.1, 0.15) is 11.1 Å². The van der Waals surface area contributed by atoms with Crippen LogP contribution in [0.15, 0.2) is 48.5 Å². The lowest BCUT2D eigenvalue weighted by Crippen LogP contribution is -2.47. The monoisotopic (exact) mass is 548 g/mol. The first kappa shape index (κ1) is 27.7. The normalized spacial score (nSPS) is 12.7. The number of nitrogens with two attached hydrogens (primary N) is 2. The fraction of sp³-hybridized carbons (Fsp3) is 0.176. The summed E-state index contributed by atoms with van der Waals surface area (Å²) in [5.74, 6) is 0. The third kappa shape index (κ3) is 5.59. The summed E-state index contributed by atoms with van der Waals surface area (Å²) >= 11 is 0. The number of carbonyl (C=O) groups is 2. The van der Waals surface area contributed by atoms with Crippen molar-refractivity contribution in [2.24, 2.45) is 11.5 Å². The van der Waals surface area contributed by atoms with Crippen molar-refractivity contribution in [2.75, 3.05) is 8.61 Å². The SMILES string of the molecule is NC(=O)N(c1ccc(Cc2ccc(N(C(N)=O)S(=O)(=O)C(F)(F)F)cc2)cc1)S(=O)(=O)C(F)(F)F. The van der Waals surface area contributed by atoms with Gasteiger partial charge in [0.1, 0.15) is 0 Å². The molecule has 0 aliphatic carbocycles. The first-order chi connectivity index (χ1) is 15.8. The van der Waals surface area contributed by atoms with Crippen LogP contribution >= 0.6 is 0 Å². The second kappa shape index (κ2) is 9.25. The molecular formula is C17H14F6N4O6S2. The van der Waals surface area contributed by atoms with Crippen LogP contribution in [0.5, 0.6) is 0 Å². The van der Waals surface area contributed by atoms with E-state index in [4.69, 9.17) is 11.5 Å². The lowest BCUT2D eigenvalue weighted by molar-refractivity contribution is -0.0442. The third-order valence-electron chi connectivity index (χ3n) is 4.22. The zero-order chi connectivity index (χ0) is 27.0. The van der Waals surface area contributed by atoms with Crippen LogP contribution in [0.25, 0.3) is 0 Å². The van der Waals surface area contributed by atoms with Gasteiger partial charge in [-0.1, -0.05) is 24.3 Å². The first-order valence-electron chi connectivity index (χ1n) is 8.80. The highest BCUT2D eigenvalue weighted by molar-refractivity contribution is 7.94. The number of carbonyl (C=O) groups excluding carboxylic acids is 2. The predicted octanol–water partition coefficient (Wildman–Crippen LogP) is 2.75. The number of sulfonamides is 2. The molecule has 192 valence electrons. The number of alkyl halides is 6. The Morgan fingerprint density at radius 3 is 1.09 bits per heavy atom. The van der Waals surface area contributed by atoms with Crippen molar-refractivity contribution >= 4 is 43.5 Å². The number of hydrogen-bond acceptors (Lipinski definition) is 6. The van der Waals surface area contributed by atoms with Gasteiger partial charge in [0.05, 0.1) is 11.4 Å². The van der Waals surface area contributed by atoms with Crippen molar-refractivity contribution < 1.29 is 52.8 Å². The summed E-state index contributed by atoms with van der Waals surface area (Å²) in [6, 6.07) is 4.24. The van der Waals surface area contributed by atoms with E-state index in [1.165, 1.54) is 0 Å². The fourth-order valence-corrected chi connectivity index (χ4v) is 4.40. The van der Waals surface area contributed by atoms with E-state index in [-0.39, 0.29) is 6.42 Å². The molecule has 10 nitrogen and oxygen atoms in total. The van der Waals surface area contributed by atoms with Crippen molar-refractivity contribution in [1.29, 1.82) is 0 Å². The van der Waals surface area contributed by atoms with E-state index in [0.29, 0.717) is 11.1 Å². The van der Waals surface area contributed by atoms with E-state index in [9.17, 15) is 52.8 Å². The molecule has 4 amide bonds. The van der Waals surface area contributed by atoms with Gasteiger partial charge < -0.3 is 11.5 Å². The molecule has 0 saturated heterocycles. The summed E-state index contributed by atoms with van der Waals surface area (Å²) in [4.78, 5) is 22.7. The van der Waals surface area contributed by atoms with Crippen molar-refractivity contribution in [1.82, 2.24) is 0 Å². The van der Waals surface area contributed by atoms with Crippen molar-refractivity contribution in [2.45, 2.75) is 17.4 Å². The molecule has 0 bridgehead atoms. The molecule has 4 N–H and O–H groups in total. The molecule has 2 aromatic rings. The maximum absolute atomic E-state index is 12.8. The van der Waals surface area contributed by atoms with Crippen LogP contribution in [0.2, 0.25) is 0 Å². The Hall–Kier alpha value is -3.54. The molecule has 35 heavy (non-hydrogen) atoms. The summed E-state index contributed by atoms with van der Waals surface area (Å²) in [5.41, 5.74) is -2.77. The van der Waals surface area contributed by atoms with E-state index in [2.05, 4.69) is 0 Å². The average Bonchev–Trinajstić information content (AvgIpc) is 2.68. The molecule has 0 aliphatic rings.